The second kappa shape index (κ2) is 11.8. The van der Waals surface area contributed by atoms with Crippen molar-refractivity contribution < 1.29 is 4.79 Å². The molecule has 0 radical (unpaired) electrons. The van der Waals surface area contributed by atoms with Crippen LogP contribution in [0.2, 0.25) is 0 Å². The van der Waals surface area contributed by atoms with Crippen molar-refractivity contribution in [3.8, 4) is 0 Å². The summed E-state index contributed by atoms with van der Waals surface area (Å²) in [7, 11) is 0. The van der Waals surface area contributed by atoms with Crippen LogP contribution in [0.15, 0.2) is 0 Å². The molecule has 2 unspecified atom stereocenters. The van der Waals surface area contributed by atoms with E-state index in [-0.39, 0.29) is 30.3 Å². The lowest BCUT2D eigenvalue weighted by Gasteiger charge is -2.22. The zero-order valence-corrected chi connectivity index (χ0v) is 13.2. The average molecular weight is 279 g/mol. The number of nitrogens with one attached hydrogen (secondary N) is 1. The number of amides is 1. The van der Waals surface area contributed by atoms with Gasteiger partial charge in [0.15, 0.2) is 0 Å². The summed E-state index contributed by atoms with van der Waals surface area (Å²) in [6.45, 7) is 9.09. The monoisotopic (exact) mass is 278 g/mol. The van der Waals surface area contributed by atoms with Crippen LogP contribution in [0.1, 0.15) is 59.8 Å². The summed E-state index contributed by atoms with van der Waals surface area (Å²) < 4.78 is 0. The smallest absolute Gasteiger partial charge is 0.223 e. The van der Waals surface area contributed by atoms with Crippen LogP contribution in [0.3, 0.4) is 0 Å². The van der Waals surface area contributed by atoms with E-state index in [1.165, 1.54) is 0 Å². The van der Waals surface area contributed by atoms with Gasteiger partial charge in [-0.2, -0.15) is 0 Å². The van der Waals surface area contributed by atoms with E-state index < -0.39 is 0 Å². The summed E-state index contributed by atoms with van der Waals surface area (Å²) >= 11 is 0. The summed E-state index contributed by atoms with van der Waals surface area (Å²) in [5.41, 5.74) is 5.70. The maximum absolute atomic E-state index is 12.1. The summed E-state index contributed by atoms with van der Waals surface area (Å²) in [6, 6.07) is 0.137. The van der Waals surface area contributed by atoms with Crippen LogP contribution >= 0.6 is 12.4 Å². The summed E-state index contributed by atoms with van der Waals surface area (Å²) in [6.07, 6.45) is 5.16. The molecule has 0 aliphatic carbocycles. The highest BCUT2D eigenvalue weighted by atomic mass is 35.5. The Kier molecular flexibility index (Phi) is 13.1. The third kappa shape index (κ3) is 8.76. The number of hydrogen-bond donors (Lipinski definition) is 2. The molecule has 3 nitrogen and oxygen atoms in total. The molecule has 0 saturated heterocycles. The van der Waals surface area contributed by atoms with Gasteiger partial charge in [-0.1, -0.05) is 40.5 Å². The molecule has 4 heteroatoms. The Morgan fingerprint density at radius 1 is 1.28 bits per heavy atom. The molecule has 3 N–H and O–H groups in total. The number of halogens is 1. The van der Waals surface area contributed by atoms with Gasteiger partial charge in [-0.05, 0) is 25.2 Å². The molecule has 0 heterocycles. The lowest BCUT2D eigenvalue weighted by molar-refractivity contribution is -0.126. The molecule has 0 aromatic rings. The largest absolute Gasteiger partial charge is 0.352 e. The maximum Gasteiger partial charge on any atom is 0.223 e. The third-order valence-electron chi connectivity index (χ3n) is 3.16. The minimum absolute atomic E-state index is 0. The quantitative estimate of drug-likeness (QED) is 0.681. The summed E-state index contributed by atoms with van der Waals surface area (Å²) in [4.78, 5) is 12.1. The fraction of sp³-hybridized carbons (Fsp3) is 0.929. The van der Waals surface area contributed by atoms with E-state index in [0.29, 0.717) is 12.5 Å². The van der Waals surface area contributed by atoms with Gasteiger partial charge in [-0.3, -0.25) is 4.79 Å². The number of carbonyl (C=O) groups is 1. The van der Waals surface area contributed by atoms with Crippen LogP contribution in [0.25, 0.3) is 0 Å². The molecule has 0 aromatic heterocycles. The van der Waals surface area contributed by atoms with Gasteiger partial charge in [0.1, 0.15) is 0 Å². The molecule has 110 valence electrons. The molecule has 1 amide bonds. The number of nitrogens with two attached hydrogens (primary N) is 1. The Labute approximate surface area is 119 Å². The summed E-state index contributed by atoms with van der Waals surface area (Å²) in [5, 5.41) is 3.09. The first-order chi connectivity index (χ1) is 8.04. The van der Waals surface area contributed by atoms with Crippen LogP contribution < -0.4 is 11.1 Å². The second-order valence-electron chi connectivity index (χ2n) is 5.32. The van der Waals surface area contributed by atoms with Crippen LogP contribution in [-0.4, -0.2) is 18.5 Å². The van der Waals surface area contributed by atoms with E-state index in [0.717, 1.165) is 32.1 Å². The number of unbranched alkanes of at least 4 members (excludes halogenated alkanes) is 1. The van der Waals surface area contributed by atoms with Crippen molar-refractivity contribution >= 4 is 18.3 Å². The second-order valence-corrected chi connectivity index (χ2v) is 5.32. The van der Waals surface area contributed by atoms with Crippen LogP contribution in [0, 0.1) is 11.8 Å². The van der Waals surface area contributed by atoms with Gasteiger partial charge in [-0.15, -0.1) is 12.4 Å². The van der Waals surface area contributed by atoms with Crippen molar-refractivity contribution in [3.05, 3.63) is 0 Å². The Balaban J connectivity index is 0. The number of rotatable bonds is 9. The lowest BCUT2D eigenvalue weighted by atomic mass is 9.97. The zero-order valence-electron chi connectivity index (χ0n) is 12.4. The first-order valence-electron chi connectivity index (χ1n) is 7.05. The predicted molar refractivity (Wildman–Crippen MR) is 81.0 cm³/mol. The Morgan fingerprint density at radius 3 is 2.28 bits per heavy atom. The fourth-order valence-electron chi connectivity index (χ4n) is 2.07. The molecule has 18 heavy (non-hydrogen) atoms. The van der Waals surface area contributed by atoms with Gasteiger partial charge in [0, 0.05) is 18.5 Å². The van der Waals surface area contributed by atoms with Gasteiger partial charge >= 0.3 is 0 Å². The van der Waals surface area contributed by atoms with E-state index in [1.54, 1.807) is 0 Å². The van der Waals surface area contributed by atoms with Crippen molar-refractivity contribution in [3.63, 3.8) is 0 Å². The molecular weight excluding hydrogens is 248 g/mol. The van der Waals surface area contributed by atoms with Crippen molar-refractivity contribution in [2.45, 2.75) is 65.8 Å². The van der Waals surface area contributed by atoms with Crippen molar-refractivity contribution in [2.75, 3.05) is 6.54 Å². The first-order valence-corrected chi connectivity index (χ1v) is 7.05. The normalized spacial score (nSPS) is 13.9. The van der Waals surface area contributed by atoms with Crippen molar-refractivity contribution in [1.29, 1.82) is 0 Å². The van der Waals surface area contributed by atoms with Gasteiger partial charge in [0.05, 0.1) is 0 Å². The van der Waals surface area contributed by atoms with Gasteiger partial charge in [0.25, 0.3) is 0 Å². The van der Waals surface area contributed by atoms with Crippen LogP contribution in [0.5, 0.6) is 0 Å². The first kappa shape index (κ1) is 20.0. The van der Waals surface area contributed by atoms with Gasteiger partial charge in [-0.25, -0.2) is 0 Å². The van der Waals surface area contributed by atoms with Crippen LogP contribution in [-0.2, 0) is 4.79 Å². The highest BCUT2D eigenvalue weighted by Crippen LogP contribution is 2.13. The molecule has 0 spiro atoms. The van der Waals surface area contributed by atoms with E-state index in [1.807, 2.05) is 0 Å². The SMILES string of the molecule is CCCCC(CC)C(=O)NC(CN)CC(C)C.Cl. The van der Waals surface area contributed by atoms with Crippen LogP contribution in [0.4, 0.5) is 0 Å². The number of carbonyl (C=O) groups excluding carboxylic acids is 1. The minimum atomic E-state index is 0. The van der Waals surface area contributed by atoms with Crippen molar-refractivity contribution in [1.82, 2.24) is 5.32 Å². The standard InChI is InChI=1S/C14H30N2O.ClH/c1-5-7-8-12(6-2)14(17)16-13(10-15)9-11(3)4;/h11-13H,5-10,15H2,1-4H3,(H,16,17);1H. The summed E-state index contributed by atoms with van der Waals surface area (Å²) in [5.74, 6) is 0.924. The number of hydrogen-bond acceptors (Lipinski definition) is 2. The third-order valence-corrected chi connectivity index (χ3v) is 3.16. The molecule has 0 bridgehead atoms. The van der Waals surface area contributed by atoms with E-state index in [9.17, 15) is 4.79 Å². The highest BCUT2D eigenvalue weighted by Gasteiger charge is 2.19. The molecule has 2 atom stereocenters. The average Bonchev–Trinajstić information content (AvgIpc) is 2.28. The Bertz CT molecular complexity index is 210. The maximum atomic E-state index is 12.1. The predicted octanol–water partition coefficient (Wildman–Crippen LogP) is 3.11. The van der Waals surface area contributed by atoms with E-state index >= 15 is 0 Å². The van der Waals surface area contributed by atoms with Crippen molar-refractivity contribution in [2.24, 2.45) is 17.6 Å². The zero-order chi connectivity index (χ0) is 13.3. The fourth-order valence-corrected chi connectivity index (χ4v) is 2.07. The Hall–Kier alpha value is -0.280. The van der Waals surface area contributed by atoms with Gasteiger partial charge in [0.2, 0.25) is 5.91 Å². The topological polar surface area (TPSA) is 55.1 Å². The Morgan fingerprint density at radius 2 is 1.89 bits per heavy atom. The molecule has 0 saturated carbocycles. The van der Waals surface area contributed by atoms with Gasteiger partial charge < -0.3 is 11.1 Å². The minimum Gasteiger partial charge on any atom is -0.352 e. The molecule has 0 aromatic carbocycles. The van der Waals surface area contributed by atoms with E-state index in [2.05, 4.69) is 33.0 Å². The van der Waals surface area contributed by atoms with E-state index in [4.69, 9.17) is 5.73 Å². The molecule has 0 rings (SSSR count). The molecule has 0 aliphatic rings. The lowest BCUT2D eigenvalue weighted by Crippen LogP contribution is -2.43. The highest BCUT2D eigenvalue weighted by molar-refractivity contribution is 5.85. The molecule has 0 fully saturated rings. The molecule has 0 aliphatic heterocycles. The molecular formula is C14H31ClN2O.